The number of aromatic nitrogens is 3. The molecule has 0 atom stereocenters. The van der Waals surface area contributed by atoms with Gasteiger partial charge >= 0.3 is 0 Å². The van der Waals surface area contributed by atoms with Crippen LogP contribution in [0.2, 0.25) is 5.02 Å². The third kappa shape index (κ3) is 2.17. The minimum absolute atomic E-state index is 0.214. The molecule has 0 fully saturated rings. The van der Waals surface area contributed by atoms with E-state index in [-0.39, 0.29) is 6.42 Å². The van der Waals surface area contributed by atoms with Crippen LogP contribution in [0.25, 0.3) is 16.9 Å². The molecule has 20 heavy (non-hydrogen) atoms. The number of benzene rings is 1. The maximum Gasteiger partial charge on any atom is 0.153 e. The van der Waals surface area contributed by atoms with E-state index in [1.807, 2.05) is 28.8 Å². The van der Waals surface area contributed by atoms with Crippen molar-refractivity contribution in [3.63, 3.8) is 0 Å². The lowest BCUT2D eigenvalue weighted by atomic mass is 10.3. The zero-order valence-corrected chi connectivity index (χ0v) is 12.6. The highest BCUT2D eigenvalue weighted by Crippen LogP contribution is 2.27. The summed E-state index contributed by atoms with van der Waals surface area (Å²) in [6, 6.07) is 11.6. The van der Waals surface area contributed by atoms with Crippen LogP contribution in [-0.2, 0) is 6.42 Å². The Morgan fingerprint density at radius 1 is 1.35 bits per heavy atom. The average molecular weight is 348 g/mol. The zero-order valence-electron chi connectivity index (χ0n) is 10.2. The fourth-order valence-electron chi connectivity index (χ4n) is 2.07. The molecule has 3 rings (SSSR count). The average Bonchev–Trinajstić information content (AvgIpc) is 2.78. The monoisotopic (exact) mass is 346 g/mol. The highest BCUT2D eigenvalue weighted by Gasteiger charge is 2.15. The molecule has 6 heteroatoms. The highest BCUT2D eigenvalue weighted by atomic mass is 79.9. The summed E-state index contributed by atoms with van der Waals surface area (Å²) in [6.45, 7) is 0. The topological polar surface area (TPSA) is 54.5 Å². The lowest BCUT2D eigenvalue weighted by Crippen LogP contribution is -2.03. The van der Waals surface area contributed by atoms with Gasteiger partial charge in [0.05, 0.1) is 33.0 Å². The van der Waals surface area contributed by atoms with E-state index < -0.39 is 0 Å². The van der Waals surface area contributed by atoms with Gasteiger partial charge in [0.1, 0.15) is 5.82 Å². The second-order valence-corrected chi connectivity index (χ2v) is 5.44. The molecule has 0 radical (unpaired) electrons. The minimum Gasteiger partial charge on any atom is -0.278 e. The van der Waals surface area contributed by atoms with Gasteiger partial charge in [0.15, 0.2) is 5.82 Å². The molecule has 3 aromatic rings. The quantitative estimate of drug-likeness (QED) is 0.706. The fourth-order valence-corrected chi connectivity index (χ4v) is 2.89. The van der Waals surface area contributed by atoms with Crippen molar-refractivity contribution in [2.45, 2.75) is 6.42 Å². The number of hydrogen-bond donors (Lipinski definition) is 0. The van der Waals surface area contributed by atoms with E-state index >= 15 is 0 Å². The predicted octanol–water partition coefficient (Wildman–Crippen LogP) is 3.90. The van der Waals surface area contributed by atoms with Crippen molar-refractivity contribution in [2.24, 2.45) is 0 Å². The maximum atomic E-state index is 8.97. The Bertz CT molecular complexity index is 835. The molecule has 0 unspecified atom stereocenters. The Balaban J connectivity index is 2.33. The first kappa shape index (κ1) is 13.1. The molecule has 0 bridgehead atoms. The summed E-state index contributed by atoms with van der Waals surface area (Å²) in [5.41, 5.74) is 1.75. The second kappa shape index (κ2) is 5.23. The predicted molar refractivity (Wildman–Crippen MR) is 80.9 cm³/mol. The van der Waals surface area contributed by atoms with Crippen molar-refractivity contribution >= 4 is 38.6 Å². The molecule has 2 heterocycles. The van der Waals surface area contributed by atoms with E-state index in [2.05, 4.69) is 32.0 Å². The van der Waals surface area contributed by atoms with E-state index in [9.17, 15) is 0 Å². The van der Waals surface area contributed by atoms with Gasteiger partial charge in [0, 0.05) is 6.20 Å². The summed E-state index contributed by atoms with van der Waals surface area (Å²) >= 11 is 9.39. The van der Waals surface area contributed by atoms with Crippen LogP contribution in [0.4, 0.5) is 0 Å². The zero-order chi connectivity index (χ0) is 14.1. The molecule has 1 aromatic carbocycles. The van der Waals surface area contributed by atoms with Crippen LogP contribution >= 0.6 is 27.5 Å². The minimum atomic E-state index is 0.214. The Kier molecular flexibility index (Phi) is 3.43. The van der Waals surface area contributed by atoms with Crippen molar-refractivity contribution in [1.82, 2.24) is 14.5 Å². The molecule has 0 aliphatic heterocycles. The first-order chi connectivity index (χ1) is 9.70. The van der Waals surface area contributed by atoms with E-state index in [0.29, 0.717) is 16.7 Å². The number of pyridine rings is 1. The van der Waals surface area contributed by atoms with Crippen LogP contribution in [-0.4, -0.2) is 14.5 Å². The number of hydrogen-bond acceptors (Lipinski definition) is 3. The van der Waals surface area contributed by atoms with Crippen LogP contribution in [0, 0.1) is 11.3 Å². The highest BCUT2D eigenvalue weighted by molar-refractivity contribution is 9.10. The van der Waals surface area contributed by atoms with Gasteiger partial charge in [-0.25, -0.2) is 9.97 Å². The molecule has 0 spiro atoms. The van der Waals surface area contributed by atoms with Crippen molar-refractivity contribution < 1.29 is 0 Å². The molecular weight excluding hydrogens is 340 g/mol. The lowest BCUT2D eigenvalue weighted by Gasteiger charge is -2.08. The molecule has 2 aromatic heterocycles. The summed E-state index contributed by atoms with van der Waals surface area (Å²) in [5, 5.41) is 9.52. The second-order valence-electron chi connectivity index (χ2n) is 4.15. The van der Waals surface area contributed by atoms with Gasteiger partial charge in [0.2, 0.25) is 0 Å². The Hall–Kier alpha value is -1.90. The normalized spacial score (nSPS) is 10.7. The SMILES string of the molecule is N#CCc1nc2ccccc2n1-c1ncc(Cl)cc1Br. The summed E-state index contributed by atoms with van der Waals surface area (Å²) in [4.78, 5) is 8.84. The van der Waals surface area contributed by atoms with Crippen molar-refractivity contribution in [2.75, 3.05) is 0 Å². The first-order valence-corrected chi connectivity index (χ1v) is 7.02. The van der Waals surface area contributed by atoms with Crippen LogP contribution in [0.5, 0.6) is 0 Å². The van der Waals surface area contributed by atoms with Gasteiger partial charge in [-0.15, -0.1) is 0 Å². The molecule has 0 N–H and O–H groups in total. The molecule has 98 valence electrons. The molecule has 0 saturated carbocycles. The van der Waals surface area contributed by atoms with Crippen molar-refractivity contribution in [3.8, 4) is 11.9 Å². The fraction of sp³-hybridized carbons (Fsp3) is 0.0714. The third-order valence-electron chi connectivity index (χ3n) is 2.87. The van der Waals surface area contributed by atoms with Gasteiger partial charge in [-0.05, 0) is 34.1 Å². The number of rotatable bonds is 2. The third-order valence-corrected chi connectivity index (χ3v) is 3.66. The molecule has 0 aliphatic rings. The smallest absolute Gasteiger partial charge is 0.153 e. The van der Waals surface area contributed by atoms with Crippen LogP contribution in [0.3, 0.4) is 0 Å². The Labute approximate surface area is 128 Å². The van der Waals surface area contributed by atoms with Gasteiger partial charge in [-0.2, -0.15) is 5.26 Å². The first-order valence-electron chi connectivity index (χ1n) is 5.85. The Morgan fingerprint density at radius 3 is 2.90 bits per heavy atom. The van der Waals surface area contributed by atoms with E-state index in [1.165, 1.54) is 0 Å². The van der Waals surface area contributed by atoms with Gasteiger partial charge in [-0.3, -0.25) is 4.57 Å². The Morgan fingerprint density at radius 2 is 2.15 bits per heavy atom. The lowest BCUT2D eigenvalue weighted by molar-refractivity contribution is 0.916. The van der Waals surface area contributed by atoms with E-state index in [1.54, 1.807) is 12.3 Å². The van der Waals surface area contributed by atoms with Crippen LogP contribution in [0.15, 0.2) is 41.0 Å². The van der Waals surface area contributed by atoms with E-state index in [0.717, 1.165) is 15.5 Å². The maximum absolute atomic E-state index is 8.97. The van der Waals surface area contributed by atoms with Crippen molar-refractivity contribution in [3.05, 3.63) is 51.8 Å². The van der Waals surface area contributed by atoms with Gasteiger partial charge in [-0.1, -0.05) is 23.7 Å². The number of imidazole rings is 1. The molecule has 0 aliphatic carbocycles. The van der Waals surface area contributed by atoms with Crippen molar-refractivity contribution in [1.29, 1.82) is 5.26 Å². The van der Waals surface area contributed by atoms with Gasteiger partial charge < -0.3 is 0 Å². The largest absolute Gasteiger partial charge is 0.278 e. The molecule has 4 nitrogen and oxygen atoms in total. The molecular formula is C14H8BrClN4. The molecule has 0 saturated heterocycles. The van der Waals surface area contributed by atoms with E-state index in [4.69, 9.17) is 16.9 Å². The van der Waals surface area contributed by atoms with Gasteiger partial charge in [0.25, 0.3) is 0 Å². The molecule has 0 amide bonds. The number of fused-ring (bicyclic) bond motifs is 1. The number of nitrogens with zero attached hydrogens (tertiary/aromatic N) is 4. The van der Waals surface area contributed by atoms with Crippen LogP contribution < -0.4 is 0 Å². The number of para-hydroxylation sites is 2. The number of nitriles is 1. The standard InChI is InChI=1S/C14H8BrClN4/c15-10-7-9(16)8-18-14(10)20-12-4-2-1-3-11(12)19-13(20)5-6-17/h1-4,7-8H,5H2. The summed E-state index contributed by atoms with van der Waals surface area (Å²) in [6.07, 6.45) is 1.79. The summed E-state index contributed by atoms with van der Waals surface area (Å²) < 4.78 is 2.63. The summed E-state index contributed by atoms with van der Waals surface area (Å²) in [7, 11) is 0. The summed E-state index contributed by atoms with van der Waals surface area (Å²) in [5.74, 6) is 1.33. The van der Waals surface area contributed by atoms with Crippen LogP contribution in [0.1, 0.15) is 5.82 Å². The number of halogens is 2.